The number of hydrogen-bond donors (Lipinski definition) is 1. The van der Waals surface area contributed by atoms with Crippen molar-refractivity contribution in [3.05, 3.63) is 59.7 Å². The molecule has 1 saturated heterocycles. The van der Waals surface area contributed by atoms with Gasteiger partial charge in [-0.15, -0.1) is 0 Å². The number of nitrogens with zero attached hydrogens (tertiary/aromatic N) is 2. The van der Waals surface area contributed by atoms with Crippen molar-refractivity contribution in [2.24, 2.45) is 4.99 Å². The number of ether oxygens (including phenoxy) is 1. The maximum atomic E-state index is 5.67. The topological polar surface area (TPSA) is 55.3 Å². The summed E-state index contributed by atoms with van der Waals surface area (Å²) in [4.78, 5) is 17.0. The lowest BCUT2D eigenvalue weighted by Crippen LogP contribution is -2.39. The largest absolute Gasteiger partial charge is 0.491 e. The van der Waals surface area contributed by atoms with Crippen LogP contribution >= 0.6 is 0 Å². The van der Waals surface area contributed by atoms with Crippen molar-refractivity contribution >= 4 is 11.6 Å². The van der Waals surface area contributed by atoms with Crippen LogP contribution in [0.5, 0.6) is 5.75 Å². The van der Waals surface area contributed by atoms with Gasteiger partial charge in [-0.3, -0.25) is 0 Å². The van der Waals surface area contributed by atoms with Gasteiger partial charge < -0.3 is 15.0 Å². The highest BCUT2D eigenvalue weighted by Gasteiger charge is 2.16. The van der Waals surface area contributed by atoms with E-state index in [0.717, 1.165) is 11.4 Å². The third kappa shape index (κ3) is 5.21. The number of rotatable bonds is 5. The molecule has 0 unspecified atom stereocenters. The van der Waals surface area contributed by atoms with Crippen LogP contribution in [0, 0.1) is 6.92 Å². The lowest BCUT2D eigenvalue weighted by atomic mass is 10.1. The third-order valence-electron chi connectivity index (χ3n) is 3.82. The van der Waals surface area contributed by atoms with Crippen LogP contribution in [-0.4, -0.2) is 30.4 Å². The van der Waals surface area contributed by atoms with Crippen molar-refractivity contribution < 1.29 is 14.5 Å². The summed E-state index contributed by atoms with van der Waals surface area (Å²) >= 11 is 0. The van der Waals surface area contributed by atoms with E-state index >= 15 is 0 Å². The Bertz CT molecular complexity index is 727. The molecule has 3 rings (SSSR count). The average molecular weight is 355 g/mol. The van der Waals surface area contributed by atoms with Crippen LogP contribution in [0.3, 0.4) is 0 Å². The second kappa shape index (κ2) is 8.69. The zero-order valence-electron chi connectivity index (χ0n) is 15.4. The fourth-order valence-corrected chi connectivity index (χ4v) is 2.55. The molecule has 0 amide bonds. The summed E-state index contributed by atoms with van der Waals surface area (Å²) < 4.78 is 5.67. The molecule has 0 radical (unpaired) electrons. The van der Waals surface area contributed by atoms with E-state index < -0.39 is 0 Å². The highest BCUT2D eigenvalue weighted by Crippen LogP contribution is 2.20. The molecule has 1 heterocycles. The smallest absolute Gasteiger partial charge is 0.203 e. The minimum Gasteiger partial charge on any atom is -0.491 e. The Morgan fingerprint density at radius 2 is 1.81 bits per heavy atom. The second-order valence-electron chi connectivity index (χ2n) is 6.47. The van der Waals surface area contributed by atoms with Crippen molar-refractivity contribution in [3.8, 4) is 5.75 Å². The summed E-state index contributed by atoms with van der Waals surface area (Å²) in [5.74, 6) is 1.54. The van der Waals surface area contributed by atoms with Crippen molar-refractivity contribution in [2.45, 2.75) is 33.4 Å². The molecule has 0 aliphatic carbocycles. The van der Waals surface area contributed by atoms with E-state index in [-0.39, 0.29) is 12.8 Å². The lowest BCUT2D eigenvalue weighted by Gasteiger charge is -2.22. The first-order valence-corrected chi connectivity index (χ1v) is 8.74. The van der Waals surface area contributed by atoms with Gasteiger partial charge >= 0.3 is 0 Å². The molecule has 2 aromatic rings. The van der Waals surface area contributed by atoms with E-state index in [2.05, 4.69) is 36.5 Å². The van der Waals surface area contributed by atoms with Crippen LogP contribution in [0.2, 0.25) is 0 Å². The Hall–Kier alpha value is -2.57. The van der Waals surface area contributed by atoms with E-state index in [1.54, 1.807) is 0 Å². The molecule has 0 atom stereocenters. The molecule has 0 aromatic heterocycles. The number of aliphatic imine (C=N–C) groups is 1. The molecule has 1 N–H and O–H groups in total. The Morgan fingerprint density at radius 3 is 2.50 bits per heavy atom. The predicted octanol–water partition coefficient (Wildman–Crippen LogP) is 3.74. The molecule has 138 valence electrons. The standard InChI is InChI=1S/C20H25N3O3/c1-15(2)26-19-10-8-18(9-11-19)22-20-21-13-24-25-14-23(20)12-17-6-4-16(3)5-7-17/h4-11,15H,12-14H2,1-3H3,(H,21,22). The van der Waals surface area contributed by atoms with Gasteiger partial charge in [-0.05, 0) is 50.6 Å². The van der Waals surface area contributed by atoms with Gasteiger partial charge in [-0.2, -0.15) is 0 Å². The summed E-state index contributed by atoms with van der Waals surface area (Å²) in [5.41, 5.74) is 3.25. The molecule has 6 heteroatoms. The number of benzene rings is 2. The van der Waals surface area contributed by atoms with Gasteiger partial charge in [0, 0.05) is 6.54 Å². The third-order valence-corrected chi connectivity index (χ3v) is 3.82. The van der Waals surface area contributed by atoms with E-state index in [1.807, 2.05) is 43.0 Å². The van der Waals surface area contributed by atoms with Crippen molar-refractivity contribution in [3.63, 3.8) is 0 Å². The second-order valence-corrected chi connectivity index (χ2v) is 6.47. The molecule has 1 fully saturated rings. The van der Waals surface area contributed by atoms with Crippen LogP contribution in [0.1, 0.15) is 25.0 Å². The van der Waals surface area contributed by atoms with Crippen LogP contribution in [-0.2, 0) is 16.3 Å². The fourth-order valence-electron chi connectivity index (χ4n) is 2.55. The van der Waals surface area contributed by atoms with Crippen molar-refractivity contribution in [2.75, 3.05) is 13.5 Å². The van der Waals surface area contributed by atoms with Crippen LogP contribution < -0.4 is 10.1 Å². The molecular formula is C20H25N3O3. The maximum absolute atomic E-state index is 5.67. The number of hydrogen-bond acceptors (Lipinski definition) is 4. The summed E-state index contributed by atoms with van der Waals surface area (Å²) in [6.45, 7) is 7.31. The minimum absolute atomic E-state index is 0.148. The monoisotopic (exact) mass is 355 g/mol. The highest BCUT2D eigenvalue weighted by atomic mass is 17.2. The number of guanidine groups is 1. The Balaban J connectivity index is 1.77. The number of aryl methyl sites for hydroxylation is 1. The Morgan fingerprint density at radius 1 is 1.08 bits per heavy atom. The summed E-state index contributed by atoms with van der Waals surface area (Å²) in [5, 5.41) is 3.16. The average Bonchev–Trinajstić information content (AvgIpc) is 2.83. The molecule has 6 nitrogen and oxygen atoms in total. The quantitative estimate of drug-likeness (QED) is 0.828. The first kappa shape index (κ1) is 18.2. The normalized spacial score (nSPS) is 16.5. The molecule has 2 aromatic carbocycles. The molecular weight excluding hydrogens is 330 g/mol. The van der Waals surface area contributed by atoms with Gasteiger partial charge in [0.15, 0.2) is 13.5 Å². The molecule has 0 spiro atoms. The first-order chi connectivity index (χ1) is 12.6. The van der Waals surface area contributed by atoms with Gasteiger partial charge in [0.25, 0.3) is 0 Å². The summed E-state index contributed by atoms with van der Waals surface area (Å²) in [7, 11) is 0. The van der Waals surface area contributed by atoms with E-state index in [1.165, 1.54) is 11.1 Å². The Labute approximate surface area is 154 Å². The van der Waals surface area contributed by atoms with Crippen molar-refractivity contribution in [1.29, 1.82) is 0 Å². The molecule has 1 aliphatic rings. The lowest BCUT2D eigenvalue weighted by molar-refractivity contribution is -0.305. The summed E-state index contributed by atoms with van der Waals surface area (Å²) in [6.07, 6.45) is 0.148. The van der Waals surface area contributed by atoms with Crippen molar-refractivity contribution in [1.82, 2.24) is 10.2 Å². The van der Waals surface area contributed by atoms with Gasteiger partial charge in [0.1, 0.15) is 5.75 Å². The highest BCUT2D eigenvalue weighted by molar-refractivity contribution is 5.82. The molecule has 0 bridgehead atoms. The zero-order chi connectivity index (χ0) is 18.4. The summed E-state index contributed by atoms with van der Waals surface area (Å²) in [6, 6.07) is 16.1. The SMILES string of the molecule is Cc1ccc(CN2COOCN/C2=N\c2ccc(OC(C)C)cc2)cc1. The van der Waals surface area contributed by atoms with Gasteiger partial charge in [0.05, 0.1) is 11.8 Å². The van der Waals surface area contributed by atoms with E-state index in [0.29, 0.717) is 19.2 Å². The van der Waals surface area contributed by atoms with Crippen LogP contribution in [0.4, 0.5) is 5.69 Å². The van der Waals surface area contributed by atoms with Gasteiger partial charge in [0.2, 0.25) is 5.96 Å². The van der Waals surface area contributed by atoms with Gasteiger partial charge in [-0.1, -0.05) is 29.8 Å². The molecule has 1 aliphatic heterocycles. The van der Waals surface area contributed by atoms with Crippen LogP contribution in [0.25, 0.3) is 0 Å². The minimum atomic E-state index is 0.148. The first-order valence-electron chi connectivity index (χ1n) is 8.74. The zero-order valence-corrected chi connectivity index (χ0v) is 15.4. The fraction of sp³-hybridized carbons (Fsp3) is 0.350. The Kier molecular flexibility index (Phi) is 6.09. The maximum Gasteiger partial charge on any atom is 0.203 e. The van der Waals surface area contributed by atoms with Gasteiger partial charge in [-0.25, -0.2) is 14.8 Å². The molecule has 0 saturated carbocycles. The molecule has 26 heavy (non-hydrogen) atoms. The van der Waals surface area contributed by atoms with Crippen LogP contribution in [0.15, 0.2) is 53.5 Å². The van der Waals surface area contributed by atoms with E-state index in [9.17, 15) is 0 Å². The van der Waals surface area contributed by atoms with E-state index in [4.69, 9.17) is 19.5 Å². The number of nitrogens with one attached hydrogen (secondary N) is 1. The predicted molar refractivity (Wildman–Crippen MR) is 101 cm³/mol.